The summed E-state index contributed by atoms with van der Waals surface area (Å²) < 4.78 is 13.7. The lowest BCUT2D eigenvalue weighted by Gasteiger charge is -2.22. The normalized spacial score (nSPS) is 16.7. The Morgan fingerprint density at radius 1 is 1.07 bits per heavy atom. The van der Waals surface area contributed by atoms with E-state index in [1.54, 1.807) is 18.9 Å². The van der Waals surface area contributed by atoms with E-state index in [-0.39, 0.29) is 0 Å². The number of nitrogens with zero attached hydrogens (tertiary/aromatic N) is 3. The first kappa shape index (κ1) is 20.0. The molecular formula is C23H27N3O2S. The monoisotopic (exact) mass is 409 g/mol. The molecule has 0 bridgehead atoms. The maximum atomic E-state index is 5.90. The summed E-state index contributed by atoms with van der Waals surface area (Å²) in [5.41, 5.74) is 2.27. The quantitative estimate of drug-likeness (QED) is 0.498. The molecule has 3 aromatic rings. The predicted molar refractivity (Wildman–Crippen MR) is 116 cm³/mol. The summed E-state index contributed by atoms with van der Waals surface area (Å²) in [5.74, 6) is 2.58. The number of rotatable bonds is 8. The molecule has 152 valence electrons. The standard InChI is InChI=1S/C23H27N3O2S/c1-27-21-13-6-5-12-20(21)22-24-25-23(29-17-19-11-7-8-16-28-19)26(22)15-14-18-9-3-2-4-10-18/h2-6,9-10,12-13,19H,7-8,11,14-17H2,1H3/t19-/m0/s1. The number of methoxy groups -OCH3 is 1. The van der Waals surface area contributed by atoms with Crippen LogP contribution in [0.5, 0.6) is 5.75 Å². The molecule has 0 radical (unpaired) electrons. The van der Waals surface area contributed by atoms with Crippen molar-refractivity contribution >= 4 is 11.8 Å². The molecule has 1 fully saturated rings. The molecule has 1 atom stereocenters. The number of hydrogen-bond acceptors (Lipinski definition) is 5. The minimum absolute atomic E-state index is 0.308. The van der Waals surface area contributed by atoms with Crippen LogP contribution in [0.1, 0.15) is 24.8 Å². The van der Waals surface area contributed by atoms with Gasteiger partial charge in [0.25, 0.3) is 0 Å². The van der Waals surface area contributed by atoms with E-state index in [0.29, 0.717) is 6.10 Å². The second-order valence-corrected chi connectivity index (χ2v) is 8.18. The van der Waals surface area contributed by atoms with Crippen LogP contribution in [-0.4, -0.2) is 40.3 Å². The van der Waals surface area contributed by atoms with Gasteiger partial charge in [0.05, 0.1) is 18.8 Å². The molecule has 0 spiro atoms. The van der Waals surface area contributed by atoms with E-state index in [1.165, 1.54) is 18.4 Å². The average Bonchev–Trinajstić information content (AvgIpc) is 3.20. The summed E-state index contributed by atoms with van der Waals surface area (Å²) >= 11 is 1.74. The van der Waals surface area contributed by atoms with Crippen LogP contribution in [0.15, 0.2) is 59.8 Å². The largest absolute Gasteiger partial charge is 0.496 e. The zero-order chi connectivity index (χ0) is 19.9. The van der Waals surface area contributed by atoms with E-state index in [4.69, 9.17) is 9.47 Å². The Morgan fingerprint density at radius 3 is 2.69 bits per heavy atom. The minimum Gasteiger partial charge on any atom is -0.496 e. The third-order valence-electron chi connectivity index (χ3n) is 5.20. The molecule has 0 amide bonds. The molecule has 2 heterocycles. The van der Waals surface area contributed by atoms with Crippen molar-refractivity contribution in [1.29, 1.82) is 0 Å². The fraction of sp³-hybridized carbons (Fsp3) is 0.391. The van der Waals surface area contributed by atoms with E-state index >= 15 is 0 Å². The SMILES string of the molecule is COc1ccccc1-c1nnc(SC[C@@H]2CCCCO2)n1CCc1ccccc1. The maximum absolute atomic E-state index is 5.90. The van der Waals surface area contributed by atoms with Gasteiger partial charge in [-0.1, -0.05) is 54.2 Å². The van der Waals surface area contributed by atoms with Gasteiger partial charge in [0, 0.05) is 18.9 Å². The summed E-state index contributed by atoms with van der Waals surface area (Å²) in [6, 6.07) is 18.5. The van der Waals surface area contributed by atoms with Crippen LogP contribution >= 0.6 is 11.8 Å². The number of hydrogen-bond donors (Lipinski definition) is 0. The lowest BCUT2D eigenvalue weighted by atomic mass is 10.1. The predicted octanol–water partition coefficient (Wildman–Crippen LogP) is 4.86. The Bertz CT molecular complexity index is 907. The van der Waals surface area contributed by atoms with Gasteiger partial charge in [0.2, 0.25) is 0 Å². The number of aryl methyl sites for hydroxylation is 1. The van der Waals surface area contributed by atoms with Crippen molar-refractivity contribution in [2.75, 3.05) is 19.5 Å². The highest BCUT2D eigenvalue weighted by Gasteiger charge is 2.20. The van der Waals surface area contributed by atoms with Gasteiger partial charge >= 0.3 is 0 Å². The zero-order valence-corrected chi connectivity index (χ0v) is 17.6. The summed E-state index contributed by atoms with van der Waals surface area (Å²) in [4.78, 5) is 0. The Hall–Kier alpha value is -2.31. The summed E-state index contributed by atoms with van der Waals surface area (Å²) in [5, 5.41) is 10.0. The van der Waals surface area contributed by atoms with Crippen LogP contribution in [0.2, 0.25) is 0 Å². The van der Waals surface area contributed by atoms with Crippen LogP contribution in [0.3, 0.4) is 0 Å². The highest BCUT2D eigenvalue weighted by atomic mass is 32.2. The fourth-order valence-electron chi connectivity index (χ4n) is 3.62. The van der Waals surface area contributed by atoms with Crippen LogP contribution in [0.4, 0.5) is 0 Å². The summed E-state index contributed by atoms with van der Waals surface area (Å²) in [6.45, 7) is 1.69. The van der Waals surface area contributed by atoms with Gasteiger partial charge in [0.15, 0.2) is 11.0 Å². The molecule has 6 heteroatoms. The van der Waals surface area contributed by atoms with Crippen LogP contribution < -0.4 is 4.74 Å². The van der Waals surface area contributed by atoms with Crippen LogP contribution in [-0.2, 0) is 17.7 Å². The molecule has 0 unspecified atom stereocenters. The second kappa shape index (κ2) is 9.94. The number of ether oxygens (including phenoxy) is 2. The zero-order valence-electron chi connectivity index (χ0n) is 16.8. The molecule has 0 N–H and O–H groups in total. The van der Waals surface area contributed by atoms with Crippen molar-refractivity contribution in [2.24, 2.45) is 0 Å². The lowest BCUT2D eigenvalue weighted by Crippen LogP contribution is -2.21. The van der Waals surface area contributed by atoms with Crippen molar-refractivity contribution < 1.29 is 9.47 Å². The number of benzene rings is 2. The highest BCUT2D eigenvalue weighted by Crippen LogP contribution is 2.32. The molecule has 29 heavy (non-hydrogen) atoms. The summed E-state index contributed by atoms with van der Waals surface area (Å²) in [6.07, 6.45) is 4.78. The molecule has 1 aromatic heterocycles. The van der Waals surface area contributed by atoms with Crippen molar-refractivity contribution in [3.63, 3.8) is 0 Å². The summed E-state index contributed by atoms with van der Waals surface area (Å²) in [7, 11) is 1.69. The maximum Gasteiger partial charge on any atom is 0.191 e. The lowest BCUT2D eigenvalue weighted by molar-refractivity contribution is 0.0315. The van der Waals surface area contributed by atoms with Gasteiger partial charge in [-0.3, -0.25) is 0 Å². The van der Waals surface area contributed by atoms with Crippen molar-refractivity contribution in [1.82, 2.24) is 14.8 Å². The molecule has 1 aliphatic rings. The Balaban J connectivity index is 1.59. The smallest absolute Gasteiger partial charge is 0.191 e. The molecule has 0 saturated carbocycles. The van der Waals surface area contributed by atoms with E-state index in [9.17, 15) is 0 Å². The first-order valence-electron chi connectivity index (χ1n) is 10.2. The molecular weight excluding hydrogens is 382 g/mol. The second-order valence-electron chi connectivity index (χ2n) is 7.19. The van der Waals surface area contributed by atoms with Gasteiger partial charge < -0.3 is 14.0 Å². The van der Waals surface area contributed by atoms with Gasteiger partial charge in [0.1, 0.15) is 5.75 Å². The van der Waals surface area contributed by atoms with Crippen LogP contribution in [0.25, 0.3) is 11.4 Å². The molecule has 4 rings (SSSR count). The first-order chi connectivity index (χ1) is 14.3. The first-order valence-corrected chi connectivity index (χ1v) is 11.2. The van der Waals surface area contributed by atoms with Gasteiger partial charge in [-0.2, -0.15) is 0 Å². The third kappa shape index (κ3) is 5.00. The van der Waals surface area contributed by atoms with Crippen LogP contribution in [0, 0.1) is 0 Å². The fourth-order valence-corrected chi connectivity index (χ4v) is 4.65. The molecule has 5 nitrogen and oxygen atoms in total. The van der Waals surface area contributed by atoms with E-state index in [0.717, 1.165) is 54.0 Å². The molecule has 2 aromatic carbocycles. The highest BCUT2D eigenvalue weighted by molar-refractivity contribution is 7.99. The molecule has 1 aliphatic heterocycles. The topological polar surface area (TPSA) is 49.2 Å². The third-order valence-corrected chi connectivity index (χ3v) is 6.30. The van der Waals surface area contributed by atoms with Crippen molar-refractivity contribution in [3.8, 4) is 17.1 Å². The average molecular weight is 410 g/mol. The number of aromatic nitrogens is 3. The van der Waals surface area contributed by atoms with Crippen molar-refractivity contribution in [3.05, 3.63) is 60.2 Å². The van der Waals surface area contributed by atoms with E-state index < -0.39 is 0 Å². The molecule has 0 aliphatic carbocycles. The Kier molecular flexibility index (Phi) is 6.85. The van der Waals surface area contributed by atoms with Gasteiger partial charge in [-0.15, -0.1) is 10.2 Å². The van der Waals surface area contributed by atoms with Gasteiger partial charge in [-0.05, 0) is 43.4 Å². The number of para-hydroxylation sites is 1. The number of thioether (sulfide) groups is 1. The van der Waals surface area contributed by atoms with Gasteiger partial charge in [-0.25, -0.2) is 0 Å². The van der Waals surface area contributed by atoms with Crippen molar-refractivity contribution in [2.45, 2.75) is 43.5 Å². The van der Waals surface area contributed by atoms with E-state index in [1.807, 2.05) is 30.3 Å². The Morgan fingerprint density at radius 2 is 1.90 bits per heavy atom. The van der Waals surface area contributed by atoms with E-state index in [2.05, 4.69) is 39.0 Å². The minimum atomic E-state index is 0.308. The molecule has 1 saturated heterocycles. The Labute approximate surface area is 176 Å².